The van der Waals surface area contributed by atoms with Crippen LogP contribution in [0, 0.1) is 0 Å². The Hall–Kier alpha value is -1.87. The maximum atomic E-state index is 6.13. The number of hydrogen-bond donors (Lipinski definition) is 0. The Kier molecular flexibility index (Phi) is 8.50. The highest BCUT2D eigenvalue weighted by Crippen LogP contribution is 2.42. The van der Waals surface area contributed by atoms with Crippen LogP contribution in [0.4, 0.5) is 0 Å². The summed E-state index contributed by atoms with van der Waals surface area (Å²) in [6.07, 6.45) is 8.02. The second-order valence-corrected chi connectivity index (χ2v) is 7.36. The molecule has 0 aliphatic rings. The predicted molar refractivity (Wildman–Crippen MR) is 118 cm³/mol. The molecule has 1 aromatic carbocycles. The molecule has 0 spiro atoms. The maximum Gasteiger partial charge on any atom is 0.129 e. The van der Waals surface area contributed by atoms with E-state index in [1.54, 1.807) is 0 Å². The van der Waals surface area contributed by atoms with Gasteiger partial charge >= 0.3 is 0 Å². The fraction of sp³-hybridized carbons (Fsp3) is 0.560. The van der Waals surface area contributed by atoms with Gasteiger partial charge in [0.1, 0.15) is 5.75 Å². The van der Waals surface area contributed by atoms with Gasteiger partial charge in [0.05, 0.1) is 17.9 Å². The molecule has 0 atom stereocenters. The van der Waals surface area contributed by atoms with E-state index in [1.807, 2.05) is 20.2 Å². The monoisotopic (exact) mass is 383 g/mol. The van der Waals surface area contributed by atoms with E-state index in [-0.39, 0.29) is 5.60 Å². The Labute approximate surface area is 171 Å². The van der Waals surface area contributed by atoms with E-state index >= 15 is 0 Å². The van der Waals surface area contributed by atoms with Gasteiger partial charge in [-0.2, -0.15) is 0 Å². The number of aryl methyl sites for hydroxylation is 2. The molecule has 2 aromatic rings. The lowest BCUT2D eigenvalue weighted by molar-refractivity contribution is -0.0328. The summed E-state index contributed by atoms with van der Waals surface area (Å²) in [4.78, 5) is 4.93. The Balaban J connectivity index is 2.66. The lowest BCUT2D eigenvalue weighted by Gasteiger charge is -2.34. The zero-order chi connectivity index (χ0) is 20.6. The van der Waals surface area contributed by atoms with Gasteiger partial charge in [0.15, 0.2) is 0 Å². The molecule has 3 heteroatoms. The molecule has 2 rings (SSSR count). The number of ether oxygens (including phenoxy) is 2. The molecule has 154 valence electrons. The molecule has 0 aliphatic heterocycles. The average molecular weight is 384 g/mol. The molecule has 0 radical (unpaired) electrons. The van der Waals surface area contributed by atoms with E-state index in [9.17, 15) is 0 Å². The number of benzene rings is 1. The smallest absolute Gasteiger partial charge is 0.129 e. The van der Waals surface area contributed by atoms with E-state index in [0.29, 0.717) is 6.61 Å². The van der Waals surface area contributed by atoms with Crippen LogP contribution >= 0.6 is 0 Å². The Morgan fingerprint density at radius 1 is 0.929 bits per heavy atom. The van der Waals surface area contributed by atoms with Crippen LogP contribution in [0.25, 0.3) is 11.3 Å². The van der Waals surface area contributed by atoms with Gasteiger partial charge in [-0.15, -0.1) is 0 Å². The molecular weight excluding hydrogens is 346 g/mol. The summed E-state index contributed by atoms with van der Waals surface area (Å²) in [7, 11) is 1.82. The molecule has 0 saturated carbocycles. The molecule has 28 heavy (non-hydrogen) atoms. The largest absolute Gasteiger partial charge is 0.493 e. The summed E-state index contributed by atoms with van der Waals surface area (Å²) in [5.74, 6) is 0.907. The number of pyridine rings is 1. The normalized spacial score (nSPS) is 11.6. The number of rotatable bonds is 11. The first-order valence-electron chi connectivity index (χ1n) is 10.9. The highest BCUT2D eigenvalue weighted by molar-refractivity contribution is 5.70. The molecule has 0 amide bonds. The predicted octanol–water partition coefficient (Wildman–Crippen LogP) is 6.71. The van der Waals surface area contributed by atoms with Gasteiger partial charge in [-0.1, -0.05) is 58.7 Å². The van der Waals surface area contributed by atoms with Gasteiger partial charge in [0.25, 0.3) is 0 Å². The van der Waals surface area contributed by atoms with Gasteiger partial charge in [0, 0.05) is 30.5 Å². The number of nitrogens with zero attached hydrogens (tertiary/aromatic N) is 1. The van der Waals surface area contributed by atoms with Crippen LogP contribution in [0.3, 0.4) is 0 Å². The molecule has 0 saturated heterocycles. The van der Waals surface area contributed by atoms with Crippen LogP contribution in [0.15, 0.2) is 30.5 Å². The highest BCUT2D eigenvalue weighted by Gasteiger charge is 2.34. The number of aromatic nitrogens is 1. The summed E-state index contributed by atoms with van der Waals surface area (Å²) in [6, 6.07) is 8.69. The van der Waals surface area contributed by atoms with Gasteiger partial charge in [0.2, 0.25) is 0 Å². The van der Waals surface area contributed by atoms with E-state index in [1.165, 1.54) is 16.7 Å². The molecule has 0 bridgehead atoms. The van der Waals surface area contributed by atoms with Crippen molar-refractivity contribution in [2.75, 3.05) is 13.7 Å². The first-order chi connectivity index (χ1) is 13.6. The standard InChI is InChI=1S/C25H37NO2/c1-7-15-25(27-6,16-8-2)21-18-26-22(17-23(21)28-11-5)24-19(9-3)13-12-14-20(24)10-4/h12-14,17-18H,7-11,15-16H2,1-6H3. The minimum Gasteiger partial charge on any atom is -0.493 e. The summed E-state index contributed by atoms with van der Waals surface area (Å²) < 4.78 is 12.2. The van der Waals surface area contributed by atoms with Gasteiger partial charge in [-0.25, -0.2) is 0 Å². The van der Waals surface area contributed by atoms with E-state index in [4.69, 9.17) is 14.5 Å². The maximum absolute atomic E-state index is 6.13. The van der Waals surface area contributed by atoms with Crippen LogP contribution in [0.5, 0.6) is 5.75 Å². The summed E-state index contributed by atoms with van der Waals surface area (Å²) in [6.45, 7) is 11.5. The van der Waals surface area contributed by atoms with Crippen LogP contribution in [0.1, 0.15) is 77.0 Å². The topological polar surface area (TPSA) is 31.4 Å². The average Bonchev–Trinajstić information content (AvgIpc) is 2.73. The van der Waals surface area contributed by atoms with Crippen molar-refractivity contribution in [2.45, 2.75) is 78.7 Å². The minimum absolute atomic E-state index is 0.336. The Bertz CT molecular complexity index is 726. The first kappa shape index (κ1) is 22.4. The van der Waals surface area contributed by atoms with Crippen molar-refractivity contribution in [1.82, 2.24) is 4.98 Å². The number of methoxy groups -OCH3 is 1. The van der Waals surface area contributed by atoms with Gasteiger partial charge < -0.3 is 9.47 Å². The molecule has 1 aromatic heterocycles. The third kappa shape index (κ3) is 4.57. The van der Waals surface area contributed by atoms with Crippen molar-refractivity contribution in [1.29, 1.82) is 0 Å². The van der Waals surface area contributed by atoms with E-state index < -0.39 is 0 Å². The van der Waals surface area contributed by atoms with Crippen molar-refractivity contribution >= 4 is 0 Å². The highest BCUT2D eigenvalue weighted by atomic mass is 16.5. The van der Waals surface area contributed by atoms with E-state index in [2.05, 4.69) is 52.0 Å². The molecule has 1 heterocycles. The molecular formula is C25H37NO2. The fourth-order valence-corrected chi connectivity index (χ4v) is 4.28. The van der Waals surface area contributed by atoms with Crippen LogP contribution in [0.2, 0.25) is 0 Å². The first-order valence-corrected chi connectivity index (χ1v) is 10.9. The zero-order valence-electron chi connectivity index (χ0n) is 18.6. The second kappa shape index (κ2) is 10.6. The van der Waals surface area contributed by atoms with Crippen molar-refractivity contribution < 1.29 is 9.47 Å². The lowest BCUT2D eigenvalue weighted by atomic mass is 9.84. The quantitative estimate of drug-likeness (QED) is 0.432. The summed E-state index contributed by atoms with van der Waals surface area (Å²) >= 11 is 0. The van der Waals surface area contributed by atoms with Crippen LogP contribution < -0.4 is 4.74 Å². The summed E-state index contributed by atoms with van der Waals surface area (Å²) in [5, 5.41) is 0. The van der Waals surface area contributed by atoms with Crippen molar-refractivity contribution in [3.63, 3.8) is 0 Å². The molecule has 0 fully saturated rings. The van der Waals surface area contributed by atoms with Crippen LogP contribution in [-0.2, 0) is 23.2 Å². The summed E-state index contributed by atoms with van der Waals surface area (Å²) in [5.41, 5.74) is 5.67. The zero-order valence-corrected chi connectivity index (χ0v) is 18.6. The van der Waals surface area contributed by atoms with Crippen molar-refractivity contribution in [2.24, 2.45) is 0 Å². The second-order valence-electron chi connectivity index (χ2n) is 7.36. The van der Waals surface area contributed by atoms with Gasteiger partial charge in [-0.05, 0) is 43.7 Å². The SMILES string of the molecule is CCCC(CCC)(OC)c1cnc(-c2c(CC)cccc2CC)cc1OCC. The van der Waals surface area contributed by atoms with E-state index in [0.717, 1.165) is 55.5 Å². The Morgan fingerprint density at radius 3 is 2.00 bits per heavy atom. The van der Waals surface area contributed by atoms with Crippen molar-refractivity contribution in [3.8, 4) is 17.0 Å². The van der Waals surface area contributed by atoms with Gasteiger partial charge in [-0.3, -0.25) is 4.98 Å². The fourth-order valence-electron chi connectivity index (χ4n) is 4.28. The van der Waals surface area contributed by atoms with Crippen molar-refractivity contribution in [3.05, 3.63) is 47.2 Å². The molecule has 0 aliphatic carbocycles. The lowest BCUT2D eigenvalue weighted by Crippen LogP contribution is -2.29. The van der Waals surface area contributed by atoms with Crippen LogP contribution in [-0.4, -0.2) is 18.7 Å². The third-order valence-corrected chi connectivity index (χ3v) is 5.61. The number of hydrogen-bond acceptors (Lipinski definition) is 3. The molecule has 3 nitrogen and oxygen atoms in total. The molecule has 0 N–H and O–H groups in total. The third-order valence-electron chi connectivity index (χ3n) is 5.61. The minimum atomic E-state index is -0.336. The molecule has 0 unspecified atom stereocenters. The Morgan fingerprint density at radius 2 is 1.54 bits per heavy atom.